The first-order chi connectivity index (χ1) is 27.9. The first-order valence-electron chi connectivity index (χ1n) is 19.7. The molecule has 0 atom stereocenters. The minimum atomic E-state index is -0.801. The fraction of sp³-hybridized carbons (Fsp3) is 0.224. The lowest BCUT2D eigenvalue weighted by Crippen LogP contribution is -2.43. The maximum atomic E-state index is 13.9. The van der Waals surface area contributed by atoms with E-state index in [4.69, 9.17) is 14.2 Å². The van der Waals surface area contributed by atoms with Crippen molar-refractivity contribution in [3.63, 3.8) is 0 Å². The van der Waals surface area contributed by atoms with E-state index in [1.165, 1.54) is 0 Å². The summed E-state index contributed by atoms with van der Waals surface area (Å²) >= 11 is 0. The molecule has 0 radical (unpaired) electrons. The van der Waals surface area contributed by atoms with Gasteiger partial charge in [-0.2, -0.15) is 0 Å². The largest absolute Gasteiger partial charge is 0.506 e. The van der Waals surface area contributed by atoms with Crippen LogP contribution in [0, 0.1) is 0 Å². The molecule has 8 nitrogen and oxygen atoms in total. The van der Waals surface area contributed by atoms with Gasteiger partial charge in [0.2, 0.25) is 0 Å². The fourth-order valence-corrected chi connectivity index (χ4v) is 8.06. The SMILES string of the molecule is O=C(OC1(c2ccc(-c3cccc(-c4cccc(C(=O)OC5(c6ccccc6)CCNCC5)c4O)c3)cc2)CCNCC1)c1ccccc1COc1ccccc1. The van der Waals surface area contributed by atoms with Gasteiger partial charge in [-0.05, 0) is 84.3 Å². The predicted molar refractivity (Wildman–Crippen MR) is 221 cm³/mol. The Labute approximate surface area is 333 Å². The standard InChI is InChI=1S/C49H46N2O6/c52-45-42(19-10-20-44(45)47(54)57-48(25-29-50-30-26-48)39-14-3-1-4-15-39)37-13-9-12-36(33-37)35-21-23-40(24-22-35)49(27-31-51-32-28-49)56-46(53)43-18-8-7-11-38(43)34-55-41-16-5-2-6-17-41/h1-24,33,50-52H,25-32,34H2. The molecule has 57 heavy (non-hydrogen) atoms. The van der Waals surface area contributed by atoms with Crippen LogP contribution in [0.3, 0.4) is 0 Å². The van der Waals surface area contributed by atoms with Gasteiger partial charge in [-0.3, -0.25) is 0 Å². The van der Waals surface area contributed by atoms with Gasteiger partial charge in [0.25, 0.3) is 0 Å². The molecule has 288 valence electrons. The molecule has 0 spiro atoms. The Balaban J connectivity index is 1.01. The van der Waals surface area contributed by atoms with Gasteiger partial charge in [-0.1, -0.05) is 121 Å². The average Bonchev–Trinajstić information content (AvgIpc) is 3.27. The number of nitrogens with one attached hydrogen (secondary N) is 2. The molecular weight excluding hydrogens is 713 g/mol. The molecule has 2 aliphatic heterocycles. The van der Waals surface area contributed by atoms with Crippen LogP contribution >= 0.6 is 0 Å². The van der Waals surface area contributed by atoms with E-state index in [1.807, 2.05) is 133 Å². The summed E-state index contributed by atoms with van der Waals surface area (Å²) < 4.78 is 18.8. The van der Waals surface area contributed by atoms with Gasteiger partial charge in [-0.15, -0.1) is 0 Å². The van der Waals surface area contributed by atoms with Crippen LogP contribution in [0.15, 0.2) is 152 Å². The smallest absolute Gasteiger partial charge is 0.342 e. The molecule has 0 aromatic heterocycles. The lowest BCUT2D eigenvalue weighted by molar-refractivity contribution is -0.0388. The summed E-state index contributed by atoms with van der Waals surface area (Å²) in [6, 6.07) is 48.1. The van der Waals surface area contributed by atoms with Crippen LogP contribution in [0.4, 0.5) is 0 Å². The summed E-state index contributed by atoms with van der Waals surface area (Å²) in [5.74, 6) is -0.313. The number of phenols is 1. The molecule has 6 aromatic rings. The molecule has 6 aromatic carbocycles. The Kier molecular flexibility index (Phi) is 11.2. The quantitative estimate of drug-likeness (QED) is 0.112. The zero-order valence-corrected chi connectivity index (χ0v) is 31.8. The number of hydrogen-bond acceptors (Lipinski definition) is 8. The van der Waals surface area contributed by atoms with Crippen molar-refractivity contribution in [1.82, 2.24) is 10.6 Å². The van der Waals surface area contributed by atoms with Gasteiger partial charge < -0.3 is 30.0 Å². The number of carbonyl (C=O) groups is 2. The number of phenolic OH excluding ortho intramolecular Hbond substituents is 1. The molecule has 2 fully saturated rings. The number of carbonyl (C=O) groups excluding carboxylic acids is 2. The molecule has 3 N–H and O–H groups in total. The Morgan fingerprint density at radius 2 is 1.05 bits per heavy atom. The van der Waals surface area contributed by atoms with Crippen molar-refractivity contribution < 1.29 is 28.9 Å². The number of rotatable bonds is 11. The van der Waals surface area contributed by atoms with Gasteiger partial charge in [0.15, 0.2) is 0 Å². The molecule has 0 bridgehead atoms. The second kappa shape index (κ2) is 16.9. The number of piperidine rings is 2. The van der Waals surface area contributed by atoms with Crippen molar-refractivity contribution in [3.8, 4) is 33.8 Å². The van der Waals surface area contributed by atoms with E-state index in [9.17, 15) is 14.7 Å². The minimum Gasteiger partial charge on any atom is -0.506 e. The molecule has 0 aliphatic carbocycles. The monoisotopic (exact) mass is 758 g/mol. The summed E-state index contributed by atoms with van der Waals surface area (Å²) in [5.41, 5.74) is 4.89. The summed E-state index contributed by atoms with van der Waals surface area (Å²) in [6.07, 6.45) is 2.56. The Morgan fingerprint density at radius 3 is 1.72 bits per heavy atom. The van der Waals surface area contributed by atoms with Crippen LogP contribution in [-0.2, 0) is 27.3 Å². The molecule has 0 saturated carbocycles. The summed E-state index contributed by atoms with van der Waals surface area (Å²) in [7, 11) is 0. The molecule has 0 amide bonds. The van der Waals surface area contributed by atoms with E-state index in [0.29, 0.717) is 36.8 Å². The third-order valence-electron chi connectivity index (χ3n) is 11.2. The van der Waals surface area contributed by atoms with Crippen molar-refractivity contribution in [2.45, 2.75) is 43.5 Å². The summed E-state index contributed by atoms with van der Waals surface area (Å²) in [5, 5.41) is 18.3. The van der Waals surface area contributed by atoms with Crippen LogP contribution in [0.1, 0.15) is 63.1 Å². The van der Waals surface area contributed by atoms with Crippen LogP contribution in [0.2, 0.25) is 0 Å². The van der Waals surface area contributed by atoms with Crippen molar-refractivity contribution >= 4 is 11.9 Å². The number of benzene rings is 6. The van der Waals surface area contributed by atoms with Crippen LogP contribution in [-0.4, -0.2) is 43.2 Å². The summed E-state index contributed by atoms with van der Waals surface area (Å²) in [4.78, 5) is 27.7. The molecule has 2 aliphatic rings. The Bertz CT molecular complexity index is 2310. The lowest BCUT2D eigenvalue weighted by Gasteiger charge is -2.38. The predicted octanol–water partition coefficient (Wildman–Crippen LogP) is 9.18. The van der Waals surface area contributed by atoms with Crippen LogP contribution < -0.4 is 15.4 Å². The van der Waals surface area contributed by atoms with Gasteiger partial charge in [0, 0.05) is 36.8 Å². The minimum absolute atomic E-state index is 0.116. The third kappa shape index (κ3) is 8.19. The molecular formula is C49H46N2O6. The van der Waals surface area contributed by atoms with E-state index in [2.05, 4.69) is 10.6 Å². The summed E-state index contributed by atoms with van der Waals surface area (Å²) in [6.45, 7) is 3.14. The van der Waals surface area contributed by atoms with Gasteiger partial charge >= 0.3 is 11.9 Å². The van der Waals surface area contributed by atoms with Crippen molar-refractivity contribution in [2.75, 3.05) is 26.2 Å². The highest BCUT2D eigenvalue weighted by Gasteiger charge is 2.40. The second-order valence-corrected chi connectivity index (χ2v) is 14.8. The zero-order valence-electron chi connectivity index (χ0n) is 31.8. The first kappa shape index (κ1) is 37.7. The lowest BCUT2D eigenvalue weighted by atomic mass is 9.83. The van der Waals surface area contributed by atoms with E-state index >= 15 is 0 Å². The van der Waals surface area contributed by atoms with Crippen molar-refractivity contribution in [3.05, 3.63) is 179 Å². The number of hydrogen-bond donors (Lipinski definition) is 3. The number of aromatic hydroxyl groups is 1. The maximum Gasteiger partial charge on any atom is 0.342 e. The highest BCUT2D eigenvalue weighted by atomic mass is 16.6. The van der Waals surface area contributed by atoms with E-state index in [0.717, 1.165) is 65.3 Å². The highest BCUT2D eigenvalue weighted by molar-refractivity contribution is 5.96. The fourth-order valence-electron chi connectivity index (χ4n) is 8.06. The first-order valence-corrected chi connectivity index (χ1v) is 19.7. The zero-order chi connectivity index (χ0) is 39.1. The van der Waals surface area contributed by atoms with Crippen molar-refractivity contribution in [2.24, 2.45) is 0 Å². The maximum absolute atomic E-state index is 13.9. The number of para-hydroxylation sites is 2. The topological polar surface area (TPSA) is 106 Å². The second-order valence-electron chi connectivity index (χ2n) is 14.8. The van der Waals surface area contributed by atoms with Gasteiger partial charge in [-0.25, -0.2) is 9.59 Å². The van der Waals surface area contributed by atoms with E-state index in [-0.39, 0.29) is 23.9 Å². The van der Waals surface area contributed by atoms with Crippen LogP contribution in [0.5, 0.6) is 11.5 Å². The Morgan fingerprint density at radius 1 is 0.526 bits per heavy atom. The third-order valence-corrected chi connectivity index (χ3v) is 11.2. The highest BCUT2D eigenvalue weighted by Crippen LogP contribution is 2.40. The molecule has 2 heterocycles. The van der Waals surface area contributed by atoms with E-state index < -0.39 is 17.2 Å². The van der Waals surface area contributed by atoms with Gasteiger partial charge in [0.05, 0.1) is 5.56 Å². The van der Waals surface area contributed by atoms with Gasteiger partial charge in [0.1, 0.15) is 34.9 Å². The number of ether oxygens (including phenoxy) is 3. The van der Waals surface area contributed by atoms with E-state index in [1.54, 1.807) is 18.2 Å². The van der Waals surface area contributed by atoms with Crippen LogP contribution in [0.25, 0.3) is 22.3 Å². The normalized spacial score (nSPS) is 15.9. The average molecular weight is 759 g/mol. The number of esters is 2. The molecule has 8 rings (SSSR count). The van der Waals surface area contributed by atoms with Crippen molar-refractivity contribution in [1.29, 1.82) is 0 Å². The molecule has 0 unspecified atom stereocenters. The molecule has 8 heteroatoms. The molecule has 2 saturated heterocycles. The Hall–Kier alpha value is -6.22.